The summed E-state index contributed by atoms with van der Waals surface area (Å²) in [6, 6.07) is 5.70. The third-order valence-corrected chi connectivity index (χ3v) is 6.09. The van der Waals surface area contributed by atoms with E-state index in [4.69, 9.17) is 16.3 Å². The van der Waals surface area contributed by atoms with E-state index in [0.717, 1.165) is 16.9 Å². The molecule has 8 heteroatoms. The van der Waals surface area contributed by atoms with E-state index in [9.17, 15) is 13.2 Å². The highest BCUT2D eigenvalue weighted by Crippen LogP contribution is 2.25. The van der Waals surface area contributed by atoms with Crippen molar-refractivity contribution < 1.29 is 17.9 Å². The van der Waals surface area contributed by atoms with Crippen molar-refractivity contribution in [2.24, 2.45) is 0 Å². The molecule has 0 unspecified atom stereocenters. The van der Waals surface area contributed by atoms with Gasteiger partial charge in [-0.05, 0) is 36.1 Å². The lowest BCUT2D eigenvalue weighted by molar-refractivity contribution is -0.120. The van der Waals surface area contributed by atoms with E-state index in [2.05, 4.69) is 5.32 Å². The number of methoxy groups -OCH3 is 1. The van der Waals surface area contributed by atoms with Gasteiger partial charge in [0.25, 0.3) is 0 Å². The van der Waals surface area contributed by atoms with Crippen LogP contribution >= 0.6 is 11.6 Å². The molecule has 0 bridgehead atoms. The summed E-state index contributed by atoms with van der Waals surface area (Å²) in [7, 11) is -1.78. The maximum atomic E-state index is 12.4. The molecule has 1 amide bonds. The van der Waals surface area contributed by atoms with E-state index < -0.39 is 10.0 Å². The maximum Gasteiger partial charge on any atom is 0.220 e. The average Bonchev–Trinajstić information content (AvgIpc) is 2.58. The molecule has 0 fully saturated rings. The molecule has 1 heterocycles. The lowest BCUT2D eigenvalue weighted by atomic mass is 10.0. The molecule has 1 aromatic rings. The minimum absolute atomic E-state index is 0.0922. The predicted octanol–water partition coefficient (Wildman–Crippen LogP) is 1.52. The highest BCUT2D eigenvalue weighted by Gasteiger charge is 2.26. The zero-order valence-corrected chi connectivity index (χ0v) is 15.3. The number of sulfonamides is 1. The smallest absolute Gasteiger partial charge is 0.220 e. The van der Waals surface area contributed by atoms with Gasteiger partial charge in [-0.3, -0.25) is 4.79 Å². The molecular formula is C16H23ClN2O4S. The number of hydrogen-bond acceptors (Lipinski definition) is 4. The molecule has 0 saturated heterocycles. The van der Waals surface area contributed by atoms with Crippen LogP contribution in [-0.2, 0) is 27.8 Å². The number of nitrogens with zero attached hydrogens (tertiary/aromatic N) is 1. The van der Waals surface area contributed by atoms with Gasteiger partial charge in [0.1, 0.15) is 5.75 Å². The molecule has 2 rings (SSSR count). The third kappa shape index (κ3) is 5.09. The summed E-state index contributed by atoms with van der Waals surface area (Å²) in [6.45, 7) is 0.931. The van der Waals surface area contributed by atoms with Gasteiger partial charge in [0, 0.05) is 31.9 Å². The van der Waals surface area contributed by atoms with Gasteiger partial charge in [-0.1, -0.05) is 6.07 Å². The first-order chi connectivity index (χ1) is 11.5. The summed E-state index contributed by atoms with van der Waals surface area (Å²) in [5, 5.41) is 2.63. The Bertz CT molecular complexity index is 679. The van der Waals surface area contributed by atoms with Crippen LogP contribution < -0.4 is 10.1 Å². The highest BCUT2D eigenvalue weighted by molar-refractivity contribution is 7.89. The van der Waals surface area contributed by atoms with Crippen molar-refractivity contribution in [2.75, 3.05) is 31.8 Å². The summed E-state index contributed by atoms with van der Waals surface area (Å²) >= 11 is 5.52. The Labute approximate surface area is 148 Å². The molecule has 6 nitrogen and oxygen atoms in total. The molecule has 1 aromatic carbocycles. The zero-order chi connectivity index (χ0) is 17.6. The molecular weight excluding hydrogens is 352 g/mol. The fourth-order valence-corrected chi connectivity index (χ4v) is 4.09. The number of ether oxygens (including phenoxy) is 1. The molecule has 24 heavy (non-hydrogen) atoms. The largest absolute Gasteiger partial charge is 0.497 e. The summed E-state index contributed by atoms with van der Waals surface area (Å²) in [4.78, 5) is 11.5. The van der Waals surface area contributed by atoms with E-state index in [1.54, 1.807) is 7.11 Å². The molecule has 0 spiro atoms. The second-order valence-electron chi connectivity index (χ2n) is 5.68. The second kappa shape index (κ2) is 8.69. The van der Waals surface area contributed by atoms with Gasteiger partial charge in [0.2, 0.25) is 15.9 Å². The number of carbonyl (C=O) groups excluding carboxylic acids is 1. The number of nitrogens with one attached hydrogen (secondary N) is 1. The van der Waals surface area contributed by atoms with Gasteiger partial charge < -0.3 is 10.1 Å². The van der Waals surface area contributed by atoms with Gasteiger partial charge in [-0.15, -0.1) is 11.6 Å². The van der Waals surface area contributed by atoms with Crippen molar-refractivity contribution in [1.82, 2.24) is 9.62 Å². The Hall–Kier alpha value is -1.31. The van der Waals surface area contributed by atoms with E-state index in [0.29, 0.717) is 38.2 Å². The minimum Gasteiger partial charge on any atom is -0.497 e. The molecule has 1 aliphatic rings. The van der Waals surface area contributed by atoms with Crippen LogP contribution in [0.15, 0.2) is 18.2 Å². The standard InChI is InChI=1S/C16H23ClN2O4S/c1-23-15-5-4-14-12-19(9-6-13(14)11-15)24(21,22)10-8-18-16(20)3-2-7-17/h4-5,11H,2-3,6-10,12H2,1H3,(H,18,20). The quantitative estimate of drug-likeness (QED) is 0.700. The first kappa shape index (κ1) is 19.0. The van der Waals surface area contributed by atoms with Crippen LogP contribution in [0.4, 0.5) is 0 Å². The third-order valence-electron chi connectivity index (χ3n) is 4.00. The predicted molar refractivity (Wildman–Crippen MR) is 93.9 cm³/mol. The Kier molecular flexibility index (Phi) is 6.89. The van der Waals surface area contributed by atoms with E-state index >= 15 is 0 Å². The highest BCUT2D eigenvalue weighted by atomic mass is 35.5. The Morgan fingerprint density at radius 3 is 2.88 bits per heavy atom. The van der Waals surface area contributed by atoms with E-state index in [-0.39, 0.29) is 18.2 Å². The van der Waals surface area contributed by atoms with Gasteiger partial charge in [0.05, 0.1) is 12.9 Å². The molecule has 1 N–H and O–H groups in total. The van der Waals surface area contributed by atoms with E-state index in [1.165, 1.54) is 4.31 Å². The van der Waals surface area contributed by atoms with Crippen LogP contribution in [0, 0.1) is 0 Å². The van der Waals surface area contributed by atoms with Crippen LogP contribution in [-0.4, -0.2) is 50.5 Å². The fraction of sp³-hybridized carbons (Fsp3) is 0.562. The minimum atomic E-state index is -3.40. The number of carbonyl (C=O) groups is 1. The van der Waals surface area contributed by atoms with Crippen LogP contribution in [0.3, 0.4) is 0 Å². The van der Waals surface area contributed by atoms with Crippen molar-refractivity contribution in [3.05, 3.63) is 29.3 Å². The van der Waals surface area contributed by atoms with Crippen molar-refractivity contribution in [2.45, 2.75) is 25.8 Å². The van der Waals surface area contributed by atoms with E-state index in [1.807, 2.05) is 18.2 Å². The topological polar surface area (TPSA) is 75.7 Å². The first-order valence-corrected chi connectivity index (χ1v) is 10.1. The second-order valence-corrected chi connectivity index (χ2v) is 8.14. The molecule has 0 aliphatic carbocycles. The summed E-state index contributed by atoms with van der Waals surface area (Å²) in [5.41, 5.74) is 2.12. The molecule has 0 radical (unpaired) electrons. The average molecular weight is 375 g/mol. The van der Waals surface area contributed by atoms with Crippen LogP contribution in [0.2, 0.25) is 0 Å². The van der Waals surface area contributed by atoms with Crippen LogP contribution in [0.5, 0.6) is 5.75 Å². The normalized spacial score (nSPS) is 14.9. The van der Waals surface area contributed by atoms with Gasteiger partial charge in [-0.2, -0.15) is 4.31 Å². The van der Waals surface area contributed by atoms with Crippen LogP contribution in [0.25, 0.3) is 0 Å². The van der Waals surface area contributed by atoms with Gasteiger partial charge in [-0.25, -0.2) is 8.42 Å². The zero-order valence-electron chi connectivity index (χ0n) is 13.8. The van der Waals surface area contributed by atoms with Gasteiger partial charge >= 0.3 is 0 Å². The SMILES string of the molecule is COc1ccc2c(c1)CCN(S(=O)(=O)CCNC(=O)CCCCl)C2. The number of benzene rings is 1. The van der Waals surface area contributed by atoms with Crippen LogP contribution in [0.1, 0.15) is 24.0 Å². The Balaban J connectivity index is 1.90. The van der Waals surface area contributed by atoms with Crippen molar-refractivity contribution in [3.63, 3.8) is 0 Å². The number of amides is 1. The van der Waals surface area contributed by atoms with Crippen molar-refractivity contribution in [1.29, 1.82) is 0 Å². The maximum absolute atomic E-state index is 12.4. The molecule has 0 aromatic heterocycles. The number of fused-ring (bicyclic) bond motifs is 1. The lowest BCUT2D eigenvalue weighted by Crippen LogP contribution is -2.40. The van der Waals surface area contributed by atoms with Crippen molar-refractivity contribution in [3.8, 4) is 5.75 Å². The Morgan fingerprint density at radius 1 is 1.38 bits per heavy atom. The first-order valence-electron chi connectivity index (χ1n) is 7.92. The molecule has 134 valence electrons. The monoisotopic (exact) mass is 374 g/mol. The number of halogens is 1. The molecule has 1 aliphatic heterocycles. The number of hydrogen-bond donors (Lipinski definition) is 1. The summed E-state index contributed by atoms with van der Waals surface area (Å²) in [5.74, 6) is 0.945. The van der Waals surface area contributed by atoms with Crippen molar-refractivity contribution >= 4 is 27.5 Å². The Morgan fingerprint density at radius 2 is 2.17 bits per heavy atom. The fourth-order valence-electron chi connectivity index (χ4n) is 2.63. The number of alkyl halides is 1. The van der Waals surface area contributed by atoms with Gasteiger partial charge in [0.15, 0.2) is 0 Å². The molecule has 0 atom stereocenters. The summed E-state index contributed by atoms with van der Waals surface area (Å²) < 4.78 is 31.6. The lowest BCUT2D eigenvalue weighted by Gasteiger charge is -2.28. The molecule has 0 saturated carbocycles. The number of rotatable bonds is 8. The summed E-state index contributed by atoms with van der Waals surface area (Å²) in [6.07, 6.45) is 1.57.